The van der Waals surface area contributed by atoms with E-state index in [9.17, 15) is 10.1 Å². The Labute approximate surface area is 214 Å². The van der Waals surface area contributed by atoms with Crippen LogP contribution in [0.15, 0.2) is 66.4 Å². The van der Waals surface area contributed by atoms with E-state index in [4.69, 9.17) is 9.97 Å². The van der Waals surface area contributed by atoms with Gasteiger partial charge in [-0.1, -0.05) is 44.2 Å². The Bertz CT molecular complexity index is 1680. The summed E-state index contributed by atoms with van der Waals surface area (Å²) in [5, 5.41) is 10.7. The number of halogens is 1. The Kier molecular flexibility index (Phi) is 5.27. The molecule has 0 aliphatic heterocycles. The maximum absolute atomic E-state index is 15.4. The lowest BCUT2D eigenvalue weighted by Gasteiger charge is -2.45. The number of aromatic nitrogens is 3. The molecule has 0 saturated carbocycles. The van der Waals surface area contributed by atoms with E-state index in [1.54, 1.807) is 18.3 Å². The molecule has 2 heterocycles. The van der Waals surface area contributed by atoms with E-state index >= 15 is 4.39 Å². The first-order chi connectivity index (χ1) is 17.8. The average molecular weight is 489 g/mol. The molecule has 2 aliphatic rings. The third kappa shape index (κ3) is 3.49. The summed E-state index contributed by atoms with van der Waals surface area (Å²) in [6.07, 6.45) is 4.87. The minimum atomic E-state index is -0.664. The maximum Gasteiger partial charge on any atom is 0.176 e. The van der Waals surface area contributed by atoms with Crippen molar-refractivity contribution in [2.24, 2.45) is 11.8 Å². The second kappa shape index (κ2) is 8.41. The number of Topliss-reactive ketones (excluding diaryl/α,β-unsaturated/α-hetero) is 1. The number of hydrogen-bond acceptors (Lipinski definition) is 5. The highest BCUT2D eigenvalue weighted by molar-refractivity contribution is 6.02. The number of ketones is 1. The predicted molar refractivity (Wildman–Crippen MR) is 140 cm³/mol. The van der Waals surface area contributed by atoms with Crippen molar-refractivity contribution in [2.45, 2.75) is 39.0 Å². The Hall–Kier alpha value is -4.24. The van der Waals surface area contributed by atoms with Crippen molar-refractivity contribution >= 4 is 16.7 Å². The molecule has 0 bridgehead atoms. The zero-order valence-corrected chi connectivity index (χ0v) is 20.9. The van der Waals surface area contributed by atoms with Crippen LogP contribution in [-0.2, 0) is 16.6 Å². The van der Waals surface area contributed by atoms with Crippen molar-refractivity contribution in [3.8, 4) is 28.7 Å². The van der Waals surface area contributed by atoms with E-state index in [-0.39, 0.29) is 29.0 Å². The predicted octanol–water partition coefficient (Wildman–Crippen LogP) is 6.30. The van der Waals surface area contributed by atoms with Gasteiger partial charge in [-0.05, 0) is 55.5 Å². The van der Waals surface area contributed by atoms with Gasteiger partial charge in [0.1, 0.15) is 11.9 Å². The second-order valence-electron chi connectivity index (χ2n) is 10.3. The van der Waals surface area contributed by atoms with E-state index in [0.29, 0.717) is 23.5 Å². The minimum Gasteiger partial charge on any atom is -0.293 e. The molecule has 6 heteroatoms. The van der Waals surface area contributed by atoms with Crippen molar-refractivity contribution in [3.63, 3.8) is 0 Å². The number of benzene rings is 2. The largest absolute Gasteiger partial charge is 0.293 e. The lowest BCUT2D eigenvalue weighted by Crippen LogP contribution is -2.46. The third-order valence-corrected chi connectivity index (χ3v) is 8.11. The molecule has 6 rings (SSSR count). The second-order valence-corrected chi connectivity index (χ2v) is 10.3. The lowest BCUT2D eigenvalue weighted by atomic mass is 9.57. The van der Waals surface area contributed by atoms with E-state index in [2.05, 4.69) is 11.1 Å². The van der Waals surface area contributed by atoms with E-state index in [1.807, 2.05) is 57.2 Å². The molecule has 2 aliphatic carbocycles. The summed E-state index contributed by atoms with van der Waals surface area (Å²) in [7, 11) is 0. The molecule has 0 saturated heterocycles. The monoisotopic (exact) mass is 488 g/mol. The number of para-hydroxylation sites is 1. The zero-order chi connectivity index (χ0) is 25.9. The molecule has 0 unspecified atom stereocenters. The first kappa shape index (κ1) is 23.2. The van der Waals surface area contributed by atoms with E-state index in [0.717, 1.165) is 39.7 Å². The third-order valence-electron chi connectivity index (χ3n) is 8.11. The Balaban J connectivity index is 1.70. The van der Waals surface area contributed by atoms with Crippen LogP contribution in [0, 0.1) is 35.9 Å². The molecule has 0 spiro atoms. The van der Waals surface area contributed by atoms with Crippen LogP contribution in [0.3, 0.4) is 0 Å². The summed E-state index contributed by atoms with van der Waals surface area (Å²) in [4.78, 5) is 27.5. The molecule has 0 N–H and O–H groups in total. The molecule has 37 heavy (non-hydrogen) atoms. The van der Waals surface area contributed by atoms with Gasteiger partial charge in [-0.3, -0.25) is 9.78 Å². The van der Waals surface area contributed by atoms with Crippen molar-refractivity contribution in [1.29, 1.82) is 5.26 Å². The normalized spacial score (nSPS) is 22.7. The van der Waals surface area contributed by atoms with Crippen LogP contribution in [-0.4, -0.2) is 20.7 Å². The molecule has 0 radical (unpaired) electrons. The number of hydrogen-bond donors (Lipinski definition) is 0. The average Bonchev–Trinajstić information content (AvgIpc) is 2.90. The number of rotatable bonds is 2. The van der Waals surface area contributed by atoms with E-state index in [1.165, 1.54) is 6.07 Å². The fourth-order valence-corrected chi connectivity index (χ4v) is 6.22. The molecular weight excluding hydrogens is 463 g/mol. The quantitative estimate of drug-likeness (QED) is 0.331. The molecule has 0 amide bonds. The molecule has 5 nitrogen and oxygen atoms in total. The smallest absolute Gasteiger partial charge is 0.176 e. The van der Waals surface area contributed by atoms with Gasteiger partial charge >= 0.3 is 0 Å². The fraction of sp³-hybridized carbons (Fsp3) is 0.258. The number of nitrogens with zero attached hydrogens (tertiary/aromatic N) is 4. The van der Waals surface area contributed by atoms with Crippen LogP contribution in [0.1, 0.15) is 37.1 Å². The van der Waals surface area contributed by atoms with Gasteiger partial charge in [0.05, 0.1) is 22.5 Å². The van der Waals surface area contributed by atoms with Gasteiger partial charge in [-0.25, -0.2) is 14.4 Å². The number of allylic oxidation sites excluding steroid dienone is 2. The lowest BCUT2D eigenvalue weighted by molar-refractivity contribution is -0.121. The van der Waals surface area contributed by atoms with Gasteiger partial charge in [0.25, 0.3) is 0 Å². The number of aryl methyl sites for hydroxylation is 1. The summed E-state index contributed by atoms with van der Waals surface area (Å²) in [5.74, 6) is -0.299. The summed E-state index contributed by atoms with van der Waals surface area (Å²) >= 11 is 0. The highest BCUT2D eigenvalue weighted by atomic mass is 19.1. The van der Waals surface area contributed by atoms with Crippen LogP contribution in [0.2, 0.25) is 0 Å². The van der Waals surface area contributed by atoms with Crippen molar-refractivity contribution in [2.75, 3.05) is 0 Å². The molecule has 0 fully saturated rings. The topological polar surface area (TPSA) is 79.5 Å². The van der Waals surface area contributed by atoms with E-state index < -0.39 is 5.41 Å². The summed E-state index contributed by atoms with van der Waals surface area (Å²) in [6, 6.07) is 17.0. The SMILES string of the molecule is Cc1ccc(-c2nc(-c3ccnc4ccccc34)nc3c2CC[C@@H]2[C@@H](C)C(=O)C(C#N)=C[C@@]32C)c(F)c1. The van der Waals surface area contributed by atoms with Gasteiger partial charge in [0.2, 0.25) is 0 Å². The zero-order valence-electron chi connectivity index (χ0n) is 20.9. The molecule has 4 aromatic rings. The first-order valence-corrected chi connectivity index (χ1v) is 12.5. The molecular formula is C31H25FN4O. The number of carbonyl (C=O) groups is 1. The van der Waals surface area contributed by atoms with Crippen LogP contribution >= 0.6 is 0 Å². The Morgan fingerprint density at radius 2 is 1.92 bits per heavy atom. The van der Waals surface area contributed by atoms with Crippen molar-refractivity contribution < 1.29 is 9.18 Å². The van der Waals surface area contributed by atoms with Crippen LogP contribution in [0.4, 0.5) is 4.39 Å². The highest BCUT2D eigenvalue weighted by Gasteiger charge is 2.49. The Morgan fingerprint density at radius 3 is 2.70 bits per heavy atom. The van der Waals surface area contributed by atoms with Crippen LogP contribution < -0.4 is 0 Å². The van der Waals surface area contributed by atoms with Gasteiger partial charge in [-0.15, -0.1) is 0 Å². The highest BCUT2D eigenvalue weighted by Crippen LogP contribution is 2.51. The van der Waals surface area contributed by atoms with Gasteiger partial charge in [-0.2, -0.15) is 5.26 Å². The van der Waals surface area contributed by atoms with Gasteiger partial charge in [0.15, 0.2) is 11.6 Å². The number of pyridine rings is 1. The summed E-state index contributed by atoms with van der Waals surface area (Å²) in [5.41, 5.74) is 4.58. The molecule has 2 aromatic carbocycles. The van der Waals surface area contributed by atoms with Crippen molar-refractivity contribution in [3.05, 3.63) is 89.0 Å². The number of fused-ring (bicyclic) bond motifs is 4. The van der Waals surface area contributed by atoms with Gasteiger partial charge < -0.3 is 0 Å². The maximum atomic E-state index is 15.4. The van der Waals surface area contributed by atoms with Gasteiger partial charge in [0, 0.05) is 39.6 Å². The van der Waals surface area contributed by atoms with Crippen LogP contribution in [0.25, 0.3) is 33.5 Å². The standard InChI is InChI=1S/C31H25FN4O/c1-17-8-9-22(25(32)14-17)27-23-10-11-24-18(2)28(37)19(16-33)15-31(24,3)29(23)36-30(35-27)21-12-13-34-26-7-5-4-6-20(21)26/h4-9,12-15,18,24H,10-11H2,1-3H3/t18-,24-,31-/m1/s1. The molecule has 182 valence electrons. The number of carbonyl (C=O) groups excluding carboxylic acids is 1. The molecule has 2 aromatic heterocycles. The number of nitriles is 1. The fourth-order valence-electron chi connectivity index (χ4n) is 6.22. The van der Waals surface area contributed by atoms with Crippen molar-refractivity contribution in [1.82, 2.24) is 15.0 Å². The Morgan fingerprint density at radius 1 is 1.11 bits per heavy atom. The summed E-state index contributed by atoms with van der Waals surface area (Å²) in [6.45, 7) is 5.81. The molecule has 3 atom stereocenters. The van der Waals surface area contributed by atoms with Crippen LogP contribution in [0.5, 0.6) is 0 Å². The summed E-state index contributed by atoms with van der Waals surface area (Å²) < 4.78 is 15.4. The first-order valence-electron chi connectivity index (χ1n) is 12.5. The minimum absolute atomic E-state index is 0.0164.